The first-order chi connectivity index (χ1) is 23.4. The van der Waals surface area contributed by atoms with Crippen LogP contribution in [0.3, 0.4) is 0 Å². The molecular formula is C47H52SiZr. The van der Waals surface area contributed by atoms with Gasteiger partial charge in [-0.25, -0.2) is 0 Å². The topological polar surface area (TPSA) is 0 Å². The predicted octanol–water partition coefficient (Wildman–Crippen LogP) is 13.4. The third-order valence-electron chi connectivity index (χ3n) is 7.73. The molecule has 0 aliphatic carbocycles. The molecule has 248 valence electrons. The molecule has 0 aliphatic heterocycles. The van der Waals surface area contributed by atoms with Crippen molar-refractivity contribution in [1.82, 2.24) is 0 Å². The maximum Gasteiger partial charge on any atom is 4.00 e. The van der Waals surface area contributed by atoms with E-state index < -0.39 is 0 Å². The zero-order valence-corrected chi connectivity index (χ0v) is 33.6. The molecule has 0 heterocycles. The first-order valence-electron chi connectivity index (χ1n) is 17.2. The average Bonchev–Trinajstić information content (AvgIpc) is 3.74. The van der Waals surface area contributed by atoms with E-state index in [9.17, 15) is 0 Å². The third kappa shape index (κ3) is 13.7. The molecule has 7 aromatic rings. The van der Waals surface area contributed by atoms with Crippen LogP contribution in [0.2, 0.25) is 6.55 Å². The molecule has 0 saturated heterocycles. The molecule has 0 amide bonds. The van der Waals surface area contributed by atoms with Crippen LogP contribution in [-0.2, 0) is 26.2 Å². The smallest absolute Gasteiger partial charge is 0.343 e. The van der Waals surface area contributed by atoms with Gasteiger partial charge in [0.2, 0.25) is 0 Å². The fourth-order valence-electron chi connectivity index (χ4n) is 5.11. The molecule has 7 aromatic carbocycles. The van der Waals surface area contributed by atoms with E-state index in [1.54, 1.807) is 0 Å². The minimum absolute atomic E-state index is 0. The molecule has 0 saturated carbocycles. The molecule has 0 spiro atoms. The van der Waals surface area contributed by atoms with Crippen molar-refractivity contribution in [2.24, 2.45) is 0 Å². The van der Waals surface area contributed by atoms with Crippen LogP contribution < -0.4 is 5.19 Å². The second-order valence-corrected chi connectivity index (χ2v) is 12.8. The largest absolute Gasteiger partial charge is 4.00 e. The number of aryl methyl sites for hydroxylation is 2. The van der Waals surface area contributed by atoms with Crippen molar-refractivity contribution in [2.75, 3.05) is 0 Å². The van der Waals surface area contributed by atoms with Crippen molar-refractivity contribution >= 4 is 36.3 Å². The first kappa shape index (κ1) is 41.6. The quantitative estimate of drug-likeness (QED) is 0.122. The van der Waals surface area contributed by atoms with E-state index in [0.29, 0.717) is 0 Å². The minimum Gasteiger partial charge on any atom is -0.343 e. The summed E-state index contributed by atoms with van der Waals surface area (Å²) in [5.41, 5.74) is 7.89. The molecular weight excluding hydrogens is 684 g/mol. The van der Waals surface area contributed by atoms with Gasteiger partial charge in [-0.2, -0.15) is 25.0 Å². The monoisotopic (exact) mass is 734 g/mol. The molecule has 0 nitrogen and oxygen atoms in total. The summed E-state index contributed by atoms with van der Waals surface area (Å²) >= 11 is 0. The number of rotatable bonds is 5. The van der Waals surface area contributed by atoms with Gasteiger partial charge in [0.1, 0.15) is 0 Å². The van der Waals surface area contributed by atoms with Crippen molar-refractivity contribution in [3.05, 3.63) is 177 Å². The Labute approximate surface area is 319 Å². The Morgan fingerprint density at radius 3 is 1.16 bits per heavy atom. The molecule has 0 fully saturated rings. The van der Waals surface area contributed by atoms with E-state index >= 15 is 0 Å². The molecule has 7 rings (SSSR count). The summed E-state index contributed by atoms with van der Waals surface area (Å²) in [6.45, 7) is 17.9. The van der Waals surface area contributed by atoms with E-state index in [2.05, 4.69) is 194 Å². The Balaban J connectivity index is 0.000000237. The van der Waals surface area contributed by atoms with Crippen molar-refractivity contribution in [2.45, 2.75) is 59.9 Å². The van der Waals surface area contributed by atoms with Crippen LogP contribution in [0.5, 0.6) is 0 Å². The number of unbranched alkanes of at least 4 members (excludes halogenated alkanes) is 2. The SMILES string of the molecule is C[Si]c1ccccc1.Cc1cc2c(-c3ccccc3)cccc2[cH-]1.Cc1cc2c(-c3ccccc3)cccc2[cH-]1.[CH2-]CCC.[CH2-]CCC.[Zr+4]. The van der Waals surface area contributed by atoms with E-state index in [1.165, 1.54) is 73.0 Å². The van der Waals surface area contributed by atoms with Crippen molar-refractivity contribution < 1.29 is 26.2 Å². The van der Waals surface area contributed by atoms with Crippen LogP contribution in [0.15, 0.2) is 152 Å². The summed E-state index contributed by atoms with van der Waals surface area (Å²) in [6.07, 6.45) is 4.56. The van der Waals surface area contributed by atoms with E-state index in [4.69, 9.17) is 0 Å². The van der Waals surface area contributed by atoms with Crippen LogP contribution >= 0.6 is 0 Å². The Hall–Kier alpha value is -3.58. The molecule has 49 heavy (non-hydrogen) atoms. The van der Waals surface area contributed by atoms with Crippen LogP contribution in [0, 0.1) is 27.7 Å². The first-order valence-corrected chi connectivity index (χ1v) is 18.7. The van der Waals surface area contributed by atoms with Gasteiger partial charge in [0.05, 0.1) is 9.52 Å². The van der Waals surface area contributed by atoms with Crippen molar-refractivity contribution in [3.63, 3.8) is 0 Å². The fourth-order valence-corrected chi connectivity index (χ4v) is 5.64. The molecule has 0 aromatic heterocycles. The van der Waals surface area contributed by atoms with Gasteiger partial charge in [0.15, 0.2) is 0 Å². The summed E-state index contributed by atoms with van der Waals surface area (Å²) in [6, 6.07) is 53.6. The minimum atomic E-state index is 0. The summed E-state index contributed by atoms with van der Waals surface area (Å²) in [7, 11) is 0.930. The van der Waals surface area contributed by atoms with Gasteiger partial charge in [-0.3, -0.25) is 0 Å². The Kier molecular flexibility index (Phi) is 20.1. The summed E-state index contributed by atoms with van der Waals surface area (Å²) in [5.74, 6) is 0. The number of hydrogen-bond acceptors (Lipinski definition) is 0. The van der Waals surface area contributed by atoms with Gasteiger partial charge in [-0.15, -0.1) is 69.1 Å². The van der Waals surface area contributed by atoms with Crippen LogP contribution in [-0.4, -0.2) is 9.52 Å². The Bertz CT molecular complexity index is 1720. The maximum absolute atomic E-state index is 3.60. The Morgan fingerprint density at radius 1 is 0.510 bits per heavy atom. The van der Waals surface area contributed by atoms with Crippen LogP contribution in [0.25, 0.3) is 43.8 Å². The molecule has 2 radical (unpaired) electrons. The number of hydrogen-bond donors (Lipinski definition) is 0. The number of benzene rings is 5. The van der Waals surface area contributed by atoms with Crippen molar-refractivity contribution in [1.29, 1.82) is 0 Å². The predicted molar refractivity (Wildman–Crippen MR) is 218 cm³/mol. The molecule has 2 heteroatoms. The van der Waals surface area contributed by atoms with Gasteiger partial charge >= 0.3 is 26.2 Å². The third-order valence-corrected chi connectivity index (χ3v) is 8.64. The number of fused-ring (bicyclic) bond motifs is 2. The van der Waals surface area contributed by atoms with E-state index in [0.717, 1.165) is 22.4 Å². The molecule has 0 atom stereocenters. The summed E-state index contributed by atoms with van der Waals surface area (Å²) < 4.78 is 0. The Morgan fingerprint density at radius 2 is 0.857 bits per heavy atom. The normalized spacial score (nSPS) is 9.78. The zero-order chi connectivity index (χ0) is 34.6. The van der Waals surface area contributed by atoms with E-state index in [1.807, 2.05) is 6.07 Å². The van der Waals surface area contributed by atoms with Crippen LogP contribution in [0.4, 0.5) is 0 Å². The van der Waals surface area contributed by atoms with Crippen LogP contribution in [0.1, 0.15) is 50.7 Å². The van der Waals surface area contributed by atoms with Crippen molar-refractivity contribution in [3.8, 4) is 22.3 Å². The second kappa shape index (κ2) is 23.7. The second-order valence-electron chi connectivity index (χ2n) is 11.7. The maximum atomic E-state index is 3.60. The molecule has 0 aliphatic rings. The van der Waals surface area contributed by atoms with Gasteiger partial charge in [-0.05, 0) is 11.1 Å². The fraction of sp³-hybridized carbons (Fsp3) is 0.191. The molecule has 0 N–H and O–H groups in total. The van der Waals surface area contributed by atoms with Gasteiger partial charge in [0.25, 0.3) is 0 Å². The summed E-state index contributed by atoms with van der Waals surface area (Å²) in [5, 5.41) is 6.81. The standard InChI is InChI=1S/2C16H13.C7H8Si.2C4H9.Zr/c2*1-12-10-14-8-5-9-15(16(14)11-12)13-6-3-2-4-7-13;1-8-7-5-3-2-4-6-7;2*1-3-4-2;/h2*2-11H,1H3;2-6H,1H3;2*1,3-4H2,2H3;/q2*-1;;2*-1;+4. The average molecular weight is 736 g/mol. The van der Waals surface area contributed by atoms with Gasteiger partial charge in [0, 0.05) is 0 Å². The van der Waals surface area contributed by atoms with Gasteiger partial charge in [-0.1, -0.05) is 167 Å². The molecule has 0 bridgehead atoms. The van der Waals surface area contributed by atoms with Gasteiger partial charge < -0.3 is 13.8 Å². The summed E-state index contributed by atoms with van der Waals surface area (Å²) in [4.78, 5) is 0. The zero-order valence-electron chi connectivity index (χ0n) is 30.2. The molecule has 0 unspecified atom stereocenters. The van der Waals surface area contributed by atoms with E-state index in [-0.39, 0.29) is 26.2 Å².